The SMILES string of the molecule is C=C1CCC[C@]1(C)CCC=O. The van der Waals surface area contributed by atoms with E-state index in [0.717, 1.165) is 19.1 Å². The van der Waals surface area contributed by atoms with Gasteiger partial charge in [-0.3, -0.25) is 0 Å². The predicted octanol–water partition coefficient (Wildman–Crippen LogP) is 2.71. The topological polar surface area (TPSA) is 17.1 Å². The Hall–Kier alpha value is -0.590. The minimum absolute atomic E-state index is 0.279. The third kappa shape index (κ3) is 1.70. The molecule has 11 heavy (non-hydrogen) atoms. The summed E-state index contributed by atoms with van der Waals surface area (Å²) in [6.45, 7) is 6.27. The van der Waals surface area contributed by atoms with Gasteiger partial charge in [0.1, 0.15) is 6.29 Å². The van der Waals surface area contributed by atoms with Gasteiger partial charge in [0.05, 0.1) is 0 Å². The van der Waals surface area contributed by atoms with Crippen molar-refractivity contribution in [2.45, 2.75) is 39.0 Å². The van der Waals surface area contributed by atoms with Crippen molar-refractivity contribution >= 4 is 6.29 Å². The quantitative estimate of drug-likeness (QED) is 0.449. The molecule has 0 heterocycles. The summed E-state index contributed by atoms with van der Waals surface area (Å²) in [5, 5.41) is 0. The number of hydrogen-bond donors (Lipinski definition) is 0. The second-order valence-corrected chi connectivity index (χ2v) is 3.72. The first kappa shape index (κ1) is 8.51. The molecule has 0 aliphatic heterocycles. The molecule has 1 nitrogen and oxygen atoms in total. The zero-order valence-corrected chi connectivity index (χ0v) is 7.23. The Morgan fingerprint density at radius 3 is 2.91 bits per heavy atom. The molecule has 1 aliphatic rings. The molecule has 0 aromatic rings. The summed E-state index contributed by atoms with van der Waals surface area (Å²) >= 11 is 0. The molecule has 0 bridgehead atoms. The zero-order valence-electron chi connectivity index (χ0n) is 7.23. The Labute approximate surface area is 68.5 Å². The number of aldehydes is 1. The van der Waals surface area contributed by atoms with E-state index in [9.17, 15) is 4.79 Å². The van der Waals surface area contributed by atoms with Crippen LogP contribution in [0.5, 0.6) is 0 Å². The van der Waals surface area contributed by atoms with Gasteiger partial charge in [0.15, 0.2) is 0 Å². The van der Waals surface area contributed by atoms with Crippen LogP contribution >= 0.6 is 0 Å². The average molecular weight is 152 g/mol. The van der Waals surface area contributed by atoms with Crippen molar-refractivity contribution in [1.82, 2.24) is 0 Å². The van der Waals surface area contributed by atoms with Crippen LogP contribution in [0.4, 0.5) is 0 Å². The fourth-order valence-corrected chi connectivity index (χ4v) is 1.85. The number of carbonyl (C=O) groups is 1. The molecule has 1 heteroatoms. The molecule has 0 spiro atoms. The van der Waals surface area contributed by atoms with E-state index in [1.54, 1.807) is 0 Å². The summed E-state index contributed by atoms with van der Waals surface area (Å²) in [7, 11) is 0. The second-order valence-electron chi connectivity index (χ2n) is 3.72. The van der Waals surface area contributed by atoms with E-state index in [2.05, 4.69) is 13.5 Å². The lowest BCUT2D eigenvalue weighted by molar-refractivity contribution is -0.108. The van der Waals surface area contributed by atoms with Gasteiger partial charge in [-0.25, -0.2) is 0 Å². The van der Waals surface area contributed by atoms with Crippen LogP contribution in [0, 0.1) is 5.41 Å². The molecular formula is C10H16O. The molecule has 1 rings (SSSR count). The van der Waals surface area contributed by atoms with Crippen LogP contribution in [0.25, 0.3) is 0 Å². The number of rotatable bonds is 3. The van der Waals surface area contributed by atoms with Gasteiger partial charge < -0.3 is 4.79 Å². The van der Waals surface area contributed by atoms with Gasteiger partial charge in [-0.15, -0.1) is 0 Å². The van der Waals surface area contributed by atoms with Crippen LogP contribution in [0.3, 0.4) is 0 Å². The van der Waals surface area contributed by atoms with Crippen LogP contribution in [0.15, 0.2) is 12.2 Å². The van der Waals surface area contributed by atoms with E-state index < -0.39 is 0 Å². The van der Waals surface area contributed by atoms with Crippen molar-refractivity contribution in [2.24, 2.45) is 5.41 Å². The van der Waals surface area contributed by atoms with E-state index >= 15 is 0 Å². The Morgan fingerprint density at radius 2 is 2.45 bits per heavy atom. The van der Waals surface area contributed by atoms with Gasteiger partial charge >= 0.3 is 0 Å². The van der Waals surface area contributed by atoms with Crippen molar-refractivity contribution in [2.75, 3.05) is 0 Å². The molecule has 62 valence electrons. The van der Waals surface area contributed by atoms with E-state index in [1.165, 1.54) is 18.4 Å². The summed E-state index contributed by atoms with van der Waals surface area (Å²) in [5.74, 6) is 0. The molecular weight excluding hydrogens is 136 g/mol. The molecule has 1 aliphatic carbocycles. The molecule has 0 aromatic heterocycles. The lowest BCUT2D eigenvalue weighted by Gasteiger charge is -2.23. The second kappa shape index (κ2) is 3.21. The summed E-state index contributed by atoms with van der Waals surface area (Å²) in [6.07, 6.45) is 6.34. The van der Waals surface area contributed by atoms with E-state index in [4.69, 9.17) is 0 Å². The predicted molar refractivity (Wildman–Crippen MR) is 46.4 cm³/mol. The first-order valence-corrected chi connectivity index (χ1v) is 4.31. The van der Waals surface area contributed by atoms with Gasteiger partial charge in [0.2, 0.25) is 0 Å². The van der Waals surface area contributed by atoms with E-state index in [0.29, 0.717) is 6.42 Å². The standard InChI is InChI=1S/C10H16O/c1-9-5-3-6-10(9,2)7-4-8-11/h8H,1,3-7H2,2H3/t10-/m1/s1. The van der Waals surface area contributed by atoms with Crippen molar-refractivity contribution in [3.8, 4) is 0 Å². The largest absolute Gasteiger partial charge is 0.303 e. The lowest BCUT2D eigenvalue weighted by Crippen LogP contribution is -2.12. The highest BCUT2D eigenvalue weighted by Gasteiger charge is 2.31. The Morgan fingerprint density at radius 1 is 1.73 bits per heavy atom. The molecule has 0 radical (unpaired) electrons. The molecule has 0 saturated heterocycles. The van der Waals surface area contributed by atoms with Gasteiger partial charge in [0, 0.05) is 6.42 Å². The zero-order chi connectivity index (χ0) is 8.32. The molecule has 1 fully saturated rings. The minimum Gasteiger partial charge on any atom is -0.303 e. The summed E-state index contributed by atoms with van der Waals surface area (Å²) in [4.78, 5) is 10.2. The lowest BCUT2D eigenvalue weighted by atomic mass is 9.81. The fourth-order valence-electron chi connectivity index (χ4n) is 1.85. The fraction of sp³-hybridized carbons (Fsp3) is 0.700. The van der Waals surface area contributed by atoms with Gasteiger partial charge in [0.25, 0.3) is 0 Å². The van der Waals surface area contributed by atoms with Gasteiger partial charge in [-0.05, 0) is 31.1 Å². The average Bonchev–Trinajstić information content (AvgIpc) is 2.30. The molecule has 0 N–H and O–H groups in total. The van der Waals surface area contributed by atoms with Crippen LogP contribution < -0.4 is 0 Å². The van der Waals surface area contributed by atoms with Gasteiger partial charge in [-0.1, -0.05) is 19.1 Å². The molecule has 1 atom stereocenters. The van der Waals surface area contributed by atoms with Crippen molar-refractivity contribution in [3.05, 3.63) is 12.2 Å². The number of allylic oxidation sites excluding steroid dienone is 1. The van der Waals surface area contributed by atoms with Crippen LogP contribution in [0.1, 0.15) is 39.0 Å². The smallest absolute Gasteiger partial charge is 0.120 e. The molecule has 0 unspecified atom stereocenters. The number of carbonyl (C=O) groups excluding carboxylic acids is 1. The third-order valence-corrected chi connectivity index (χ3v) is 2.87. The van der Waals surface area contributed by atoms with Crippen molar-refractivity contribution < 1.29 is 4.79 Å². The summed E-state index contributed by atoms with van der Waals surface area (Å²) < 4.78 is 0. The maximum absolute atomic E-state index is 10.2. The van der Waals surface area contributed by atoms with E-state index in [-0.39, 0.29) is 5.41 Å². The first-order chi connectivity index (χ1) is 5.19. The Bertz CT molecular complexity index is 172. The van der Waals surface area contributed by atoms with Crippen molar-refractivity contribution in [1.29, 1.82) is 0 Å². The molecule has 0 amide bonds. The third-order valence-electron chi connectivity index (χ3n) is 2.87. The molecule has 1 saturated carbocycles. The minimum atomic E-state index is 0.279. The van der Waals surface area contributed by atoms with Crippen LogP contribution in [-0.4, -0.2) is 6.29 Å². The maximum Gasteiger partial charge on any atom is 0.120 e. The highest BCUT2D eigenvalue weighted by molar-refractivity contribution is 5.49. The van der Waals surface area contributed by atoms with E-state index in [1.807, 2.05) is 0 Å². The maximum atomic E-state index is 10.2. The highest BCUT2D eigenvalue weighted by Crippen LogP contribution is 2.44. The van der Waals surface area contributed by atoms with Gasteiger partial charge in [-0.2, -0.15) is 0 Å². The van der Waals surface area contributed by atoms with Crippen LogP contribution in [-0.2, 0) is 4.79 Å². The normalized spacial score (nSPS) is 30.8. The monoisotopic (exact) mass is 152 g/mol. The van der Waals surface area contributed by atoms with Crippen LogP contribution in [0.2, 0.25) is 0 Å². The summed E-state index contributed by atoms with van der Waals surface area (Å²) in [5.41, 5.74) is 1.63. The Balaban J connectivity index is 2.50. The first-order valence-electron chi connectivity index (χ1n) is 4.31. The highest BCUT2D eigenvalue weighted by atomic mass is 16.1. The Kier molecular flexibility index (Phi) is 2.48. The summed E-state index contributed by atoms with van der Waals surface area (Å²) in [6, 6.07) is 0. The number of hydrogen-bond acceptors (Lipinski definition) is 1. The van der Waals surface area contributed by atoms with Crippen molar-refractivity contribution in [3.63, 3.8) is 0 Å². The molecule has 0 aromatic carbocycles.